The summed E-state index contributed by atoms with van der Waals surface area (Å²) in [6, 6.07) is 16.9. The second-order valence-electron chi connectivity index (χ2n) is 9.17. The fourth-order valence-electron chi connectivity index (χ4n) is 5.59. The van der Waals surface area contributed by atoms with Crippen molar-refractivity contribution < 1.29 is 9.18 Å². The Morgan fingerprint density at radius 1 is 1.15 bits per heavy atom. The maximum atomic E-state index is 14.2. The van der Waals surface area contributed by atoms with Crippen molar-refractivity contribution in [2.75, 3.05) is 24.5 Å². The Bertz CT molecular complexity index is 1140. The van der Waals surface area contributed by atoms with Gasteiger partial charge in [-0.3, -0.25) is 9.80 Å². The maximum Gasteiger partial charge on any atom is 0.350 e. The number of piperidine rings is 1. The zero-order valence-electron chi connectivity index (χ0n) is 19.2. The minimum Gasteiger partial charge on any atom is -0.351 e. The van der Waals surface area contributed by atoms with Crippen LogP contribution in [0.3, 0.4) is 0 Å². The number of urea groups is 1. The first-order valence-electron chi connectivity index (χ1n) is 11.7. The molecule has 3 aliphatic heterocycles. The van der Waals surface area contributed by atoms with Gasteiger partial charge >= 0.3 is 6.03 Å². The molecule has 170 valence electrons. The summed E-state index contributed by atoms with van der Waals surface area (Å²) in [5, 5.41) is 0. The van der Waals surface area contributed by atoms with Crippen LogP contribution in [0.25, 0.3) is 0 Å². The maximum absolute atomic E-state index is 14.2. The van der Waals surface area contributed by atoms with Crippen LogP contribution in [0.5, 0.6) is 0 Å². The Morgan fingerprint density at radius 3 is 2.64 bits per heavy atom. The standard InChI is InChI=1S/C27H29FN4O/c1-3-4-15-30-17-14-27(19-20(30)2)25(31-16-13-24(31)21-9-6-5-7-10-21)29-26(33)32(27)23-12-8-11-22(28)18-23/h5-12,18,20,24H,13-17,19H2,1-2H3/t20-,24?,27+/m0/s1. The predicted octanol–water partition coefficient (Wildman–Crippen LogP) is 4.86. The van der Waals surface area contributed by atoms with Crippen LogP contribution in [0, 0.1) is 17.7 Å². The van der Waals surface area contributed by atoms with Gasteiger partial charge in [-0.05, 0) is 56.9 Å². The number of hydrogen-bond acceptors (Lipinski definition) is 3. The van der Waals surface area contributed by atoms with Gasteiger partial charge in [-0.15, -0.1) is 5.92 Å². The van der Waals surface area contributed by atoms with E-state index in [4.69, 9.17) is 0 Å². The van der Waals surface area contributed by atoms with Crippen LogP contribution in [0.4, 0.5) is 14.9 Å². The second kappa shape index (κ2) is 8.64. The molecule has 2 amide bonds. The third-order valence-electron chi connectivity index (χ3n) is 7.31. The highest BCUT2D eigenvalue weighted by Gasteiger charge is 2.56. The van der Waals surface area contributed by atoms with Crippen LogP contribution in [0.15, 0.2) is 59.6 Å². The molecule has 0 aliphatic carbocycles. The van der Waals surface area contributed by atoms with Crippen molar-refractivity contribution in [1.29, 1.82) is 0 Å². The first-order valence-corrected chi connectivity index (χ1v) is 11.7. The second-order valence-corrected chi connectivity index (χ2v) is 9.17. The minimum atomic E-state index is -0.589. The quantitative estimate of drug-likeness (QED) is 0.635. The average Bonchev–Trinajstić information content (AvgIpc) is 3.04. The van der Waals surface area contributed by atoms with Crippen molar-refractivity contribution in [1.82, 2.24) is 9.80 Å². The summed E-state index contributed by atoms with van der Waals surface area (Å²) in [5.41, 5.74) is 1.22. The zero-order chi connectivity index (χ0) is 23.0. The molecule has 5 nitrogen and oxygen atoms in total. The van der Waals surface area contributed by atoms with E-state index < -0.39 is 5.54 Å². The first-order chi connectivity index (χ1) is 16.0. The number of aliphatic imine (C=N–C) groups is 1. The number of carbonyl (C=O) groups is 1. The summed E-state index contributed by atoms with van der Waals surface area (Å²) in [7, 11) is 0. The Balaban J connectivity index is 1.53. The van der Waals surface area contributed by atoms with Gasteiger partial charge in [0.05, 0.1) is 12.6 Å². The van der Waals surface area contributed by atoms with Gasteiger partial charge in [-0.25, -0.2) is 9.18 Å². The lowest BCUT2D eigenvalue weighted by Crippen LogP contribution is -2.65. The van der Waals surface area contributed by atoms with Crippen LogP contribution >= 0.6 is 0 Å². The smallest absolute Gasteiger partial charge is 0.350 e. The van der Waals surface area contributed by atoms with Crippen LogP contribution in [-0.2, 0) is 0 Å². The monoisotopic (exact) mass is 444 g/mol. The van der Waals surface area contributed by atoms with Crippen molar-refractivity contribution in [3.05, 3.63) is 66.0 Å². The Labute approximate surface area is 194 Å². The molecule has 6 heteroatoms. The largest absolute Gasteiger partial charge is 0.351 e. The van der Waals surface area contributed by atoms with E-state index >= 15 is 0 Å². The molecule has 2 saturated heterocycles. The van der Waals surface area contributed by atoms with E-state index in [0.29, 0.717) is 12.2 Å². The molecule has 2 aromatic carbocycles. The molecular formula is C27H29FN4O. The number of amides is 2. The van der Waals surface area contributed by atoms with Crippen LogP contribution < -0.4 is 4.90 Å². The van der Waals surface area contributed by atoms with Crippen molar-refractivity contribution in [2.24, 2.45) is 4.99 Å². The van der Waals surface area contributed by atoms with Gasteiger partial charge < -0.3 is 4.90 Å². The third-order valence-corrected chi connectivity index (χ3v) is 7.31. The molecule has 0 saturated carbocycles. The highest BCUT2D eigenvalue weighted by Crippen LogP contribution is 2.46. The number of carbonyl (C=O) groups excluding carboxylic acids is 1. The lowest BCUT2D eigenvalue weighted by atomic mass is 9.79. The highest BCUT2D eigenvalue weighted by atomic mass is 19.1. The Kier molecular flexibility index (Phi) is 5.67. The normalized spacial score (nSPS) is 27.2. The van der Waals surface area contributed by atoms with E-state index in [-0.39, 0.29) is 23.9 Å². The van der Waals surface area contributed by atoms with Gasteiger partial charge in [0.15, 0.2) is 0 Å². The minimum absolute atomic E-state index is 0.210. The fraction of sp³-hybridized carbons (Fsp3) is 0.407. The van der Waals surface area contributed by atoms with Gasteiger partial charge in [0.2, 0.25) is 0 Å². The van der Waals surface area contributed by atoms with Gasteiger partial charge in [-0.1, -0.05) is 42.3 Å². The third kappa shape index (κ3) is 3.71. The van der Waals surface area contributed by atoms with E-state index in [1.54, 1.807) is 11.0 Å². The lowest BCUT2D eigenvalue weighted by molar-refractivity contribution is 0.124. The van der Waals surface area contributed by atoms with E-state index in [9.17, 15) is 9.18 Å². The molecule has 1 spiro atoms. The summed E-state index contributed by atoms with van der Waals surface area (Å²) >= 11 is 0. The van der Waals surface area contributed by atoms with E-state index in [2.05, 4.69) is 57.8 Å². The van der Waals surface area contributed by atoms with Crippen molar-refractivity contribution in [3.63, 3.8) is 0 Å². The van der Waals surface area contributed by atoms with Crippen molar-refractivity contribution >= 4 is 17.6 Å². The number of rotatable bonds is 3. The van der Waals surface area contributed by atoms with E-state index in [1.807, 2.05) is 19.1 Å². The van der Waals surface area contributed by atoms with Gasteiger partial charge in [-0.2, -0.15) is 4.99 Å². The molecule has 2 aromatic rings. The molecule has 0 aromatic heterocycles. The SMILES string of the molecule is CC#CCN1CC[C@@]2(C[C@@H]1C)C(N1CCC1c1ccccc1)=NC(=O)N2c1cccc(F)c1. The van der Waals surface area contributed by atoms with Crippen LogP contribution in [0.2, 0.25) is 0 Å². The molecule has 3 aliphatic rings. The van der Waals surface area contributed by atoms with Gasteiger partial charge in [0, 0.05) is 24.8 Å². The molecule has 0 radical (unpaired) electrons. The number of halogens is 1. The summed E-state index contributed by atoms with van der Waals surface area (Å²) in [4.78, 5) is 24.4. The summed E-state index contributed by atoms with van der Waals surface area (Å²) in [6.45, 7) is 6.43. The topological polar surface area (TPSA) is 39.1 Å². The Morgan fingerprint density at radius 2 is 1.97 bits per heavy atom. The molecule has 5 rings (SSSR count). The summed E-state index contributed by atoms with van der Waals surface area (Å²) in [6.07, 6.45) is 2.50. The number of amidine groups is 1. The molecular weight excluding hydrogens is 415 g/mol. The average molecular weight is 445 g/mol. The Hall–Kier alpha value is -3.17. The van der Waals surface area contributed by atoms with Crippen LogP contribution in [-0.4, -0.2) is 52.9 Å². The first kappa shape index (κ1) is 21.7. The number of likely N-dealkylation sites (tertiary alicyclic amines) is 2. The fourth-order valence-corrected chi connectivity index (χ4v) is 5.59. The lowest BCUT2D eigenvalue weighted by Gasteiger charge is -2.53. The molecule has 1 unspecified atom stereocenters. The molecule has 0 N–H and O–H groups in total. The van der Waals surface area contributed by atoms with E-state index in [1.165, 1.54) is 17.7 Å². The summed E-state index contributed by atoms with van der Waals surface area (Å²) in [5.74, 6) is 6.65. The number of hydrogen-bond donors (Lipinski definition) is 0. The molecule has 3 atom stereocenters. The zero-order valence-corrected chi connectivity index (χ0v) is 19.2. The number of benzene rings is 2. The van der Waals surface area contributed by atoms with Gasteiger partial charge in [0.1, 0.15) is 17.2 Å². The van der Waals surface area contributed by atoms with Gasteiger partial charge in [0.25, 0.3) is 0 Å². The molecule has 3 heterocycles. The molecule has 2 fully saturated rings. The van der Waals surface area contributed by atoms with Crippen molar-refractivity contribution in [2.45, 2.75) is 50.7 Å². The van der Waals surface area contributed by atoms with Crippen LogP contribution in [0.1, 0.15) is 44.7 Å². The summed E-state index contributed by atoms with van der Waals surface area (Å²) < 4.78 is 14.2. The van der Waals surface area contributed by atoms with Crippen molar-refractivity contribution in [3.8, 4) is 11.8 Å². The molecule has 33 heavy (non-hydrogen) atoms. The predicted molar refractivity (Wildman–Crippen MR) is 129 cm³/mol. The number of nitrogens with zero attached hydrogens (tertiary/aromatic N) is 4. The highest BCUT2D eigenvalue weighted by molar-refractivity contribution is 6.16. The molecule has 0 bridgehead atoms. The number of anilines is 1. The van der Waals surface area contributed by atoms with E-state index in [0.717, 1.165) is 38.2 Å².